The van der Waals surface area contributed by atoms with E-state index in [1.807, 2.05) is 13.8 Å². The molecule has 0 aromatic carbocycles. The third-order valence-corrected chi connectivity index (χ3v) is 4.65. The molecular weight excluding hydrogens is 312 g/mol. The SMILES string of the molecule is CCC1(C(OC(=O)O)C2(CC)COC(=O)OC2)COC(=O)OC1. The highest BCUT2D eigenvalue weighted by atomic mass is 16.7. The number of cyclic esters (lactones) is 4. The summed E-state index contributed by atoms with van der Waals surface area (Å²) in [6.45, 7) is 3.46. The van der Waals surface area contributed by atoms with E-state index in [0.29, 0.717) is 12.8 Å². The highest BCUT2D eigenvalue weighted by Crippen LogP contribution is 2.45. The third kappa shape index (κ3) is 3.27. The molecule has 0 amide bonds. The average molecular weight is 332 g/mol. The van der Waals surface area contributed by atoms with Crippen LogP contribution in [0.25, 0.3) is 0 Å². The van der Waals surface area contributed by atoms with Crippen LogP contribution in [0, 0.1) is 10.8 Å². The fourth-order valence-corrected chi connectivity index (χ4v) is 3.06. The lowest BCUT2D eigenvalue weighted by Gasteiger charge is -2.49. The number of hydrogen-bond donors (Lipinski definition) is 1. The molecule has 0 saturated carbocycles. The summed E-state index contributed by atoms with van der Waals surface area (Å²) >= 11 is 0. The maximum absolute atomic E-state index is 11.2. The molecular formula is C14H20O9. The second-order valence-electron chi connectivity index (χ2n) is 5.85. The average Bonchev–Trinajstić information content (AvgIpc) is 2.55. The summed E-state index contributed by atoms with van der Waals surface area (Å²) < 4.78 is 25.0. The van der Waals surface area contributed by atoms with Crippen molar-refractivity contribution < 1.29 is 43.2 Å². The van der Waals surface area contributed by atoms with Crippen LogP contribution >= 0.6 is 0 Å². The van der Waals surface area contributed by atoms with Gasteiger partial charge in [-0.2, -0.15) is 0 Å². The van der Waals surface area contributed by atoms with Gasteiger partial charge in [0, 0.05) is 0 Å². The Bertz CT molecular complexity index is 431. The maximum atomic E-state index is 11.2. The van der Waals surface area contributed by atoms with Gasteiger partial charge in [-0.15, -0.1) is 0 Å². The zero-order valence-electron chi connectivity index (χ0n) is 13.0. The second-order valence-corrected chi connectivity index (χ2v) is 5.85. The topological polar surface area (TPSA) is 118 Å². The summed E-state index contributed by atoms with van der Waals surface area (Å²) in [5, 5.41) is 9.15. The lowest BCUT2D eigenvalue weighted by atomic mass is 9.66. The molecule has 2 aliphatic heterocycles. The van der Waals surface area contributed by atoms with Crippen molar-refractivity contribution in [3.8, 4) is 0 Å². The number of rotatable bonds is 5. The Morgan fingerprint density at radius 1 is 1.00 bits per heavy atom. The van der Waals surface area contributed by atoms with Gasteiger partial charge in [0.1, 0.15) is 32.5 Å². The maximum Gasteiger partial charge on any atom is 0.508 e. The smallest absolute Gasteiger partial charge is 0.450 e. The van der Waals surface area contributed by atoms with E-state index in [9.17, 15) is 14.4 Å². The monoisotopic (exact) mass is 332 g/mol. The molecule has 23 heavy (non-hydrogen) atoms. The lowest BCUT2D eigenvalue weighted by Crippen LogP contribution is -2.60. The van der Waals surface area contributed by atoms with E-state index in [4.69, 9.17) is 28.8 Å². The molecule has 130 valence electrons. The molecule has 0 aliphatic carbocycles. The van der Waals surface area contributed by atoms with Crippen LogP contribution in [-0.2, 0) is 23.7 Å². The molecule has 1 N–H and O–H groups in total. The van der Waals surface area contributed by atoms with Gasteiger partial charge in [0.2, 0.25) is 0 Å². The number of carbonyl (C=O) groups excluding carboxylic acids is 2. The fourth-order valence-electron chi connectivity index (χ4n) is 3.06. The molecule has 2 saturated heterocycles. The van der Waals surface area contributed by atoms with Gasteiger partial charge in [-0.3, -0.25) is 0 Å². The Balaban J connectivity index is 2.36. The van der Waals surface area contributed by atoms with Gasteiger partial charge in [0.05, 0.1) is 10.8 Å². The Morgan fingerprint density at radius 2 is 1.35 bits per heavy atom. The minimum absolute atomic E-state index is 0.0457. The van der Waals surface area contributed by atoms with E-state index >= 15 is 0 Å². The molecule has 9 heteroatoms. The van der Waals surface area contributed by atoms with Crippen molar-refractivity contribution >= 4 is 18.5 Å². The summed E-state index contributed by atoms with van der Waals surface area (Å²) in [5.41, 5.74) is -1.76. The Morgan fingerprint density at radius 3 is 1.61 bits per heavy atom. The standard InChI is InChI=1S/C14H20O9/c1-3-13(5-19-11(17)20-6-13)9(23-10(15)16)14(4-2)7-21-12(18)22-8-14/h9H,3-8H2,1-2H3,(H,15,16). The first-order chi connectivity index (χ1) is 10.9. The predicted molar refractivity (Wildman–Crippen MR) is 72.9 cm³/mol. The van der Waals surface area contributed by atoms with Gasteiger partial charge in [0.25, 0.3) is 0 Å². The minimum atomic E-state index is -1.47. The molecule has 0 atom stereocenters. The quantitative estimate of drug-likeness (QED) is 0.597. The summed E-state index contributed by atoms with van der Waals surface area (Å²) in [4.78, 5) is 33.6. The van der Waals surface area contributed by atoms with Gasteiger partial charge in [-0.25, -0.2) is 14.4 Å². The predicted octanol–water partition coefficient (Wildman–Crippen LogP) is 2.18. The summed E-state index contributed by atoms with van der Waals surface area (Å²) in [6, 6.07) is 0. The molecule has 2 rings (SSSR count). The van der Waals surface area contributed by atoms with Crippen molar-refractivity contribution in [3.05, 3.63) is 0 Å². The molecule has 2 heterocycles. The van der Waals surface area contributed by atoms with Crippen molar-refractivity contribution in [2.45, 2.75) is 32.8 Å². The first kappa shape index (κ1) is 17.2. The van der Waals surface area contributed by atoms with E-state index in [-0.39, 0.29) is 26.4 Å². The first-order valence-corrected chi connectivity index (χ1v) is 7.36. The van der Waals surface area contributed by atoms with Crippen molar-refractivity contribution in [3.63, 3.8) is 0 Å². The molecule has 9 nitrogen and oxygen atoms in total. The number of carboxylic acid groups (broad SMARTS) is 1. The van der Waals surface area contributed by atoms with Gasteiger partial charge < -0.3 is 28.8 Å². The van der Waals surface area contributed by atoms with Crippen molar-refractivity contribution in [2.75, 3.05) is 26.4 Å². The second kappa shape index (κ2) is 6.51. The zero-order chi connectivity index (χ0) is 17.1. The van der Waals surface area contributed by atoms with Crippen LogP contribution in [0.15, 0.2) is 0 Å². The van der Waals surface area contributed by atoms with Crippen LogP contribution < -0.4 is 0 Å². The Hall–Kier alpha value is -2.19. The van der Waals surface area contributed by atoms with Crippen LogP contribution in [0.2, 0.25) is 0 Å². The zero-order valence-corrected chi connectivity index (χ0v) is 13.0. The van der Waals surface area contributed by atoms with E-state index < -0.39 is 35.4 Å². The van der Waals surface area contributed by atoms with Crippen LogP contribution in [0.5, 0.6) is 0 Å². The molecule has 2 aliphatic rings. The molecule has 0 aromatic rings. The van der Waals surface area contributed by atoms with E-state index in [1.165, 1.54) is 0 Å². The van der Waals surface area contributed by atoms with Gasteiger partial charge in [-0.05, 0) is 12.8 Å². The Kier molecular flexibility index (Phi) is 4.86. The van der Waals surface area contributed by atoms with Gasteiger partial charge in [-0.1, -0.05) is 13.8 Å². The van der Waals surface area contributed by atoms with Crippen molar-refractivity contribution in [1.29, 1.82) is 0 Å². The van der Waals surface area contributed by atoms with Crippen LogP contribution in [-0.4, -0.2) is 56.1 Å². The molecule has 0 spiro atoms. The highest BCUT2D eigenvalue weighted by molar-refractivity contribution is 5.62. The van der Waals surface area contributed by atoms with Crippen LogP contribution in [0.3, 0.4) is 0 Å². The lowest BCUT2D eigenvalue weighted by molar-refractivity contribution is -0.195. The van der Waals surface area contributed by atoms with E-state index in [0.717, 1.165) is 0 Å². The minimum Gasteiger partial charge on any atom is -0.450 e. The van der Waals surface area contributed by atoms with Crippen LogP contribution in [0.4, 0.5) is 14.4 Å². The number of ether oxygens (including phenoxy) is 5. The summed E-state index contributed by atoms with van der Waals surface area (Å²) in [6.07, 6.45) is -3.13. The molecule has 0 bridgehead atoms. The first-order valence-electron chi connectivity index (χ1n) is 7.36. The largest absolute Gasteiger partial charge is 0.508 e. The highest BCUT2D eigenvalue weighted by Gasteiger charge is 2.57. The normalized spacial score (nSPS) is 22.4. The van der Waals surface area contributed by atoms with Crippen LogP contribution in [0.1, 0.15) is 26.7 Å². The molecule has 0 aromatic heterocycles. The van der Waals surface area contributed by atoms with E-state index in [1.54, 1.807) is 0 Å². The van der Waals surface area contributed by atoms with Gasteiger partial charge >= 0.3 is 18.5 Å². The van der Waals surface area contributed by atoms with Crippen molar-refractivity contribution in [2.24, 2.45) is 10.8 Å². The van der Waals surface area contributed by atoms with Crippen molar-refractivity contribution in [1.82, 2.24) is 0 Å². The van der Waals surface area contributed by atoms with E-state index in [2.05, 4.69) is 0 Å². The Labute approximate surface area is 132 Å². The van der Waals surface area contributed by atoms with Gasteiger partial charge in [0.15, 0.2) is 0 Å². The summed E-state index contributed by atoms with van der Waals surface area (Å²) in [5.74, 6) is 0. The molecule has 0 unspecified atom stereocenters. The third-order valence-electron chi connectivity index (χ3n) is 4.65. The fraction of sp³-hybridized carbons (Fsp3) is 0.786. The summed E-state index contributed by atoms with van der Waals surface area (Å²) in [7, 11) is 0. The number of carbonyl (C=O) groups is 3. The molecule has 2 fully saturated rings. The molecule has 0 radical (unpaired) electrons. The number of hydrogen-bond acceptors (Lipinski definition) is 8.